The smallest absolute Gasteiger partial charge is 0.453 e. The molecule has 0 aromatic heterocycles. The third-order valence-corrected chi connectivity index (χ3v) is 7.49. The number of unbranched alkanes of at least 4 members (excludes halogenated alkanes) is 1. The van der Waals surface area contributed by atoms with Crippen molar-refractivity contribution in [1.29, 1.82) is 0 Å². The fraction of sp³-hybridized carbons (Fsp3) is 0.500. The SMILES string of the molecule is Nc1cc(N)cc(C(=O)OCCCCOC(=O)/C=C/c2ccc(OCC3CCC(CCCC(F)(F)C(F)(F)F)CC3)cc2)c1. The van der Waals surface area contributed by atoms with Crippen LogP contribution in [0.15, 0.2) is 48.5 Å². The number of anilines is 2. The molecule has 7 nitrogen and oxygen atoms in total. The van der Waals surface area contributed by atoms with E-state index in [1.54, 1.807) is 36.4 Å². The molecule has 2 aromatic carbocycles. The van der Waals surface area contributed by atoms with Gasteiger partial charge >= 0.3 is 24.0 Å². The summed E-state index contributed by atoms with van der Waals surface area (Å²) in [4.78, 5) is 24.0. The van der Waals surface area contributed by atoms with Crippen molar-refractivity contribution in [1.82, 2.24) is 0 Å². The van der Waals surface area contributed by atoms with Crippen LogP contribution in [0.1, 0.15) is 73.7 Å². The van der Waals surface area contributed by atoms with E-state index in [-0.39, 0.29) is 31.1 Å². The van der Waals surface area contributed by atoms with Crippen molar-refractivity contribution < 1.29 is 45.8 Å². The van der Waals surface area contributed by atoms with E-state index in [0.717, 1.165) is 31.2 Å². The number of alkyl halides is 5. The van der Waals surface area contributed by atoms with Crippen LogP contribution in [0.3, 0.4) is 0 Å². The van der Waals surface area contributed by atoms with Gasteiger partial charge in [0.15, 0.2) is 0 Å². The molecule has 0 aliphatic heterocycles. The van der Waals surface area contributed by atoms with Gasteiger partial charge in [0.25, 0.3) is 0 Å². The van der Waals surface area contributed by atoms with Crippen LogP contribution in [0.5, 0.6) is 5.75 Å². The van der Waals surface area contributed by atoms with E-state index in [1.807, 2.05) is 0 Å². The first-order chi connectivity index (χ1) is 20.8. The van der Waals surface area contributed by atoms with Crippen molar-refractivity contribution in [2.45, 2.75) is 69.9 Å². The highest BCUT2D eigenvalue weighted by Gasteiger charge is 2.56. The topological polar surface area (TPSA) is 114 Å². The third-order valence-electron chi connectivity index (χ3n) is 7.49. The normalized spacial score (nSPS) is 17.4. The van der Waals surface area contributed by atoms with Gasteiger partial charge in [-0.25, -0.2) is 9.59 Å². The third kappa shape index (κ3) is 11.7. The van der Waals surface area contributed by atoms with Crippen molar-refractivity contribution in [3.05, 3.63) is 59.7 Å². The van der Waals surface area contributed by atoms with E-state index in [0.29, 0.717) is 48.9 Å². The van der Waals surface area contributed by atoms with E-state index in [9.17, 15) is 31.5 Å². The molecule has 1 aliphatic rings. The molecule has 3 rings (SSSR count). The summed E-state index contributed by atoms with van der Waals surface area (Å²) >= 11 is 0. The number of nitrogens with two attached hydrogens (primary N) is 2. The van der Waals surface area contributed by atoms with Crippen LogP contribution in [0, 0.1) is 11.8 Å². The van der Waals surface area contributed by atoms with Gasteiger partial charge in [0.05, 0.1) is 25.4 Å². The maximum absolute atomic E-state index is 13.1. The van der Waals surface area contributed by atoms with E-state index in [1.165, 1.54) is 18.2 Å². The second kappa shape index (κ2) is 16.3. The number of halogens is 5. The van der Waals surface area contributed by atoms with Gasteiger partial charge in [0, 0.05) is 23.9 Å². The standard InChI is InChI=1S/C32H39F5N2O5/c33-31(34,32(35,36)37)15-3-4-22-5-7-24(8-6-22)21-44-28-12-9-23(10-13-28)11-14-29(40)42-16-1-2-17-43-30(41)25-18-26(38)20-27(39)19-25/h9-14,18-20,22,24H,1-8,15-17,21,38-39H2/b14-11+. The van der Waals surface area contributed by atoms with Gasteiger partial charge in [-0.1, -0.05) is 31.4 Å². The van der Waals surface area contributed by atoms with Gasteiger partial charge < -0.3 is 25.7 Å². The van der Waals surface area contributed by atoms with Gasteiger partial charge in [-0.2, -0.15) is 22.0 Å². The summed E-state index contributed by atoms with van der Waals surface area (Å²) in [7, 11) is 0. The predicted molar refractivity (Wildman–Crippen MR) is 157 cm³/mol. The van der Waals surface area contributed by atoms with Gasteiger partial charge in [-0.15, -0.1) is 0 Å². The molecule has 12 heteroatoms. The molecule has 0 amide bonds. The van der Waals surface area contributed by atoms with Crippen LogP contribution in [0.2, 0.25) is 0 Å². The molecule has 1 fully saturated rings. The molecule has 0 saturated heterocycles. The Morgan fingerprint density at radius 3 is 2.02 bits per heavy atom. The average Bonchev–Trinajstić information content (AvgIpc) is 2.96. The minimum absolute atomic E-state index is 0.140. The lowest BCUT2D eigenvalue weighted by Crippen LogP contribution is -2.36. The fourth-order valence-corrected chi connectivity index (χ4v) is 4.96. The molecule has 0 radical (unpaired) electrons. The summed E-state index contributed by atoms with van der Waals surface area (Å²) in [6, 6.07) is 11.7. The van der Waals surface area contributed by atoms with Gasteiger partial charge in [-0.3, -0.25) is 0 Å². The number of ether oxygens (including phenoxy) is 3. The van der Waals surface area contributed by atoms with Crippen LogP contribution < -0.4 is 16.2 Å². The molecular formula is C32H39F5N2O5. The number of carbonyl (C=O) groups is 2. The van der Waals surface area contributed by atoms with E-state index in [4.69, 9.17) is 25.7 Å². The van der Waals surface area contributed by atoms with Gasteiger partial charge in [0.1, 0.15) is 5.75 Å². The summed E-state index contributed by atoms with van der Waals surface area (Å²) in [6.45, 7) is 0.832. The van der Waals surface area contributed by atoms with Crippen molar-refractivity contribution in [2.75, 3.05) is 31.3 Å². The molecule has 4 N–H and O–H groups in total. The zero-order valence-electron chi connectivity index (χ0n) is 24.4. The van der Waals surface area contributed by atoms with Gasteiger partial charge in [-0.05, 0) is 85.9 Å². The number of nitrogen functional groups attached to an aromatic ring is 2. The monoisotopic (exact) mass is 626 g/mol. The maximum atomic E-state index is 13.1. The maximum Gasteiger partial charge on any atom is 0.453 e. The lowest BCUT2D eigenvalue weighted by Gasteiger charge is -2.29. The zero-order chi connectivity index (χ0) is 32.2. The average molecular weight is 627 g/mol. The summed E-state index contributed by atoms with van der Waals surface area (Å²) < 4.78 is 79.3. The Hall–Kier alpha value is -3.83. The Labute approximate surface area is 253 Å². The van der Waals surface area contributed by atoms with E-state index < -0.39 is 30.5 Å². The minimum atomic E-state index is -5.49. The Balaban J connectivity index is 1.25. The van der Waals surface area contributed by atoms with Crippen LogP contribution in [0.25, 0.3) is 6.08 Å². The molecule has 1 aliphatic carbocycles. The summed E-state index contributed by atoms with van der Waals surface area (Å²) in [5.41, 5.74) is 13.1. The molecule has 2 aromatic rings. The fourth-order valence-electron chi connectivity index (χ4n) is 4.96. The highest BCUT2D eigenvalue weighted by molar-refractivity contribution is 5.91. The Morgan fingerprint density at radius 1 is 0.818 bits per heavy atom. The first-order valence-corrected chi connectivity index (χ1v) is 14.7. The van der Waals surface area contributed by atoms with Crippen molar-refractivity contribution in [2.24, 2.45) is 11.8 Å². The Kier molecular flexibility index (Phi) is 12.8. The molecule has 0 spiro atoms. The molecule has 44 heavy (non-hydrogen) atoms. The molecular weight excluding hydrogens is 587 g/mol. The number of hydrogen-bond acceptors (Lipinski definition) is 7. The van der Waals surface area contributed by atoms with Crippen molar-refractivity contribution in [3.8, 4) is 5.75 Å². The number of esters is 2. The lowest BCUT2D eigenvalue weighted by atomic mass is 9.80. The Bertz CT molecular complexity index is 1220. The highest BCUT2D eigenvalue weighted by atomic mass is 19.4. The number of carbonyl (C=O) groups excluding carboxylic acids is 2. The molecule has 242 valence electrons. The van der Waals surface area contributed by atoms with Gasteiger partial charge in [0.2, 0.25) is 0 Å². The van der Waals surface area contributed by atoms with E-state index >= 15 is 0 Å². The van der Waals surface area contributed by atoms with Crippen molar-refractivity contribution >= 4 is 29.4 Å². The quantitative estimate of drug-likeness (QED) is 0.0688. The zero-order valence-corrected chi connectivity index (χ0v) is 24.4. The molecule has 0 bridgehead atoms. The minimum Gasteiger partial charge on any atom is -0.493 e. The first-order valence-electron chi connectivity index (χ1n) is 14.7. The first kappa shape index (κ1) is 34.7. The molecule has 0 heterocycles. The van der Waals surface area contributed by atoms with E-state index in [2.05, 4.69) is 0 Å². The number of hydrogen-bond donors (Lipinski definition) is 2. The summed E-state index contributed by atoms with van der Waals surface area (Å²) in [5, 5.41) is 0. The second-order valence-corrected chi connectivity index (χ2v) is 11.1. The Morgan fingerprint density at radius 2 is 1.41 bits per heavy atom. The highest BCUT2D eigenvalue weighted by Crippen LogP contribution is 2.40. The molecule has 0 unspecified atom stereocenters. The molecule has 0 atom stereocenters. The predicted octanol–water partition coefficient (Wildman–Crippen LogP) is 7.60. The molecule has 1 saturated carbocycles. The largest absolute Gasteiger partial charge is 0.493 e. The van der Waals surface area contributed by atoms with Crippen LogP contribution in [0.4, 0.5) is 33.3 Å². The summed E-state index contributed by atoms with van der Waals surface area (Å²) in [5.74, 6) is -4.52. The second-order valence-electron chi connectivity index (χ2n) is 11.1. The lowest BCUT2D eigenvalue weighted by molar-refractivity contribution is -0.284. The summed E-state index contributed by atoms with van der Waals surface area (Å²) in [6.07, 6.45) is 0.825. The van der Waals surface area contributed by atoms with Crippen LogP contribution in [-0.2, 0) is 14.3 Å². The number of rotatable bonds is 15. The number of benzene rings is 2. The van der Waals surface area contributed by atoms with Crippen LogP contribution >= 0.6 is 0 Å². The van der Waals surface area contributed by atoms with Crippen LogP contribution in [-0.4, -0.2) is 43.9 Å². The van der Waals surface area contributed by atoms with Crippen molar-refractivity contribution in [3.63, 3.8) is 0 Å².